The Morgan fingerprint density at radius 2 is 1.88 bits per heavy atom. The minimum Gasteiger partial charge on any atom is -0.381 e. The van der Waals surface area contributed by atoms with Crippen molar-refractivity contribution in [1.29, 1.82) is 0 Å². The SMILES string of the molecule is CCCCOCCC(C)CCN(CC)c1ncc(CC)cc1CC. The second-order valence-electron chi connectivity index (χ2n) is 6.76. The van der Waals surface area contributed by atoms with Gasteiger partial charge in [-0.15, -0.1) is 0 Å². The summed E-state index contributed by atoms with van der Waals surface area (Å²) in [5.41, 5.74) is 2.72. The fraction of sp³-hybridized carbons (Fsp3) is 0.762. The molecule has 138 valence electrons. The fourth-order valence-corrected chi connectivity index (χ4v) is 2.86. The van der Waals surface area contributed by atoms with Crippen LogP contribution >= 0.6 is 0 Å². The third-order valence-electron chi connectivity index (χ3n) is 4.76. The maximum Gasteiger partial charge on any atom is 0.131 e. The molecule has 3 heteroatoms. The number of aryl methyl sites for hydroxylation is 2. The molecule has 1 aromatic heterocycles. The van der Waals surface area contributed by atoms with Crippen LogP contribution in [0.15, 0.2) is 12.3 Å². The molecule has 0 fully saturated rings. The molecule has 1 unspecified atom stereocenters. The highest BCUT2D eigenvalue weighted by Gasteiger charge is 2.13. The van der Waals surface area contributed by atoms with Gasteiger partial charge in [0.25, 0.3) is 0 Å². The van der Waals surface area contributed by atoms with Gasteiger partial charge in [0.05, 0.1) is 0 Å². The van der Waals surface area contributed by atoms with Gasteiger partial charge in [0.15, 0.2) is 0 Å². The molecule has 1 atom stereocenters. The number of hydrogen-bond donors (Lipinski definition) is 0. The molecule has 0 bridgehead atoms. The van der Waals surface area contributed by atoms with E-state index in [1.165, 1.54) is 36.2 Å². The summed E-state index contributed by atoms with van der Waals surface area (Å²) in [5.74, 6) is 1.88. The van der Waals surface area contributed by atoms with Gasteiger partial charge in [-0.25, -0.2) is 4.98 Å². The number of hydrogen-bond acceptors (Lipinski definition) is 3. The smallest absolute Gasteiger partial charge is 0.131 e. The number of aromatic nitrogens is 1. The first-order valence-corrected chi connectivity index (χ1v) is 9.96. The molecule has 0 aliphatic rings. The molecular weight excluding hydrogens is 296 g/mol. The van der Waals surface area contributed by atoms with E-state index in [-0.39, 0.29) is 0 Å². The number of unbranched alkanes of at least 4 members (excludes halogenated alkanes) is 1. The van der Waals surface area contributed by atoms with Crippen molar-refractivity contribution in [1.82, 2.24) is 4.98 Å². The number of pyridine rings is 1. The van der Waals surface area contributed by atoms with Crippen LogP contribution in [0.1, 0.15) is 71.4 Å². The molecule has 0 saturated carbocycles. The van der Waals surface area contributed by atoms with Crippen molar-refractivity contribution >= 4 is 5.82 Å². The summed E-state index contributed by atoms with van der Waals surface area (Å²) in [7, 11) is 0. The molecule has 0 saturated heterocycles. The Hall–Kier alpha value is -1.09. The lowest BCUT2D eigenvalue weighted by molar-refractivity contribution is 0.118. The Morgan fingerprint density at radius 1 is 1.08 bits per heavy atom. The molecule has 0 radical (unpaired) electrons. The van der Waals surface area contributed by atoms with E-state index < -0.39 is 0 Å². The van der Waals surface area contributed by atoms with Gasteiger partial charge in [-0.05, 0) is 56.1 Å². The van der Waals surface area contributed by atoms with Gasteiger partial charge in [0.1, 0.15) is 5.82 Å². The highest BCUT2D eigenvalue weighted by Crippen LogP contribution is 2.21. The molecule has 1 rings (SSSR count). The van der Waals surface area contributed by atoms with E-state index in [0.717, 1.165) is 45.6 Å². The van der Waals surface area contributed by atoms with E-state index in [9.17, 15) is 0 Å². The molecule has 0 aromatic carbocycles. The predicted octanol–water partition coefficient (Wildman–Crippen LogP) is 5.27. The Kier molecular flexibility index (Phi) is 10.7. The lowest BCUT2D eigenvalue weighted by Gasteiger charge is -2.26. The van der Waals surface area contributed by atoms with E-state index in [1.807, 2.05) is 6.20 Å². The average Bonchev–Trinajstić information content (AvgIpc) is 2.62. The molecule has 0 N–H and O–H groups in total. The third kappa shape index (κ3) is 7.21. The quantitative estimate of drug-likeness (QED) is 0.460. The molecule has 1 heterocycles. The lowest BCUT2D eigenvalue weighted by atomic mass is 10.0. The normalized spacial score (nSPS) is 12.4. The number of ether oxygens (including phenoxy) is 1. The first-order chi connectivity index (χ1) is 11.7. The summed E-state index contributed by atoms with van der Waals surface area (Å²) in [6.45, 7) is 15.1. The second kappa shape index (κ2) is 12.3. The monoisotopic (exact) mass is 334 g/mol. The van der Waals surface area contributed by atoms with Gasteiger partial charge in [-0.2, -0.15) is 0 Å². The predicted molar refractivity (Wildman–Crippen MR) is 105 cm³/mol. The van der Waals surface area contributed by atoms with Crippen molar-refractivity contribution in [2.45, 2.75) is 73.1 Å². The van der Waals surface area contributed by atoms with Gasteiger partial charge < -0.3 is 9.64 Å². The van der Waals surface area contributed by atoms with E-state index in [1.54, 1.807) is 0 Å². The van der Waals surface area contributed by atoms with Crippen molar-refractivity contribution in [2.24, 2.45) is 5.92 Å². The molecule has 24 heavy (non-hydrogen) atoms. The Labute approximate surface area is 149 Å². The molecule has 0 amide bonds. The van der Waals surface area contributed by atoms with Crippen molar-refractivity contribution in [3.8, 4) is 0 Å². The minimum absolute atomic E-state index is 0.695. The number of anilines is 1. The van der Waals surface area contributed by atoms with E-state index in [4.69, 9.17) is 9.72 Å². The molecule has 0 spiro atoms. The van der Waals surface area contributed by atoms with Crippen LogP contribution in [0, 0.1) is 5.92 Å². The second-order valence-corrected chi connectivity index (χ2v) is 6.76. The van der Waals surface area contributed by atoms with Crippen LogP contribution in [0.5, 0.6) is 0 Å². The highest BCUT2D eigenvalue weighted by molar-refractivity contribution is 5.48. The van der Waals surface area contributed by atoms with Gasteiger partial charge in [-0.3, -0.25) is 0 Å². The zero-order valence-corrected chi connectivity index (χ0v) is 16.6. The molecule has 1 aromatic rings. The summed E-state index contributed by atoms with van der Waals surface area (Å²) in [5, 5.41) is 0. The van der Waals surface area contributed by atoms with Crippen molar-refractivity contribution in [3.63, 3.8) is 0 Å². The Bertz CT molecular complexity index is 447. The van der Waals surface area contributed by atoms with Crippen LogP contribution in [0.4, 0.5) is 5.82 Å². The minimum atomic E-state index is 0.695. The maximum absolute atomic E-state index is 5.70. The average molecular weight is 335 g/mol. The summed E-state index contributed by atoms with van der Waals surface area (Å²) in [6.07, 6.45) is 8.90. The van der Waals surface area contributed by atoms with Crippen LogP contribution in [0.2, 0.25) is 0 Å². The molecular formula is C21H38N2O. The number of nitrogens with zero attached hydrogens (tertiary/aromatic N) is 2. The van der Waals surface area contributed by atoms with E-state index in [0.29, 0.717) is 5.92 Å². The van der Waals surface area contributed by atoms with Gasteiger partial charge >= 0.3 is 0 Å². The first-order valence-electron chi connectivity index (χ1n) is 9.96. The van der Waals surface area contributed by atoms with Crippen LogP contribution < -0.4 is 4.90 Å². The topological polar surface area (TPSA) is 25.4 Å². The summed E-state index contributed by atoms with van der Waals surface area (Å²) in [6, 6.07) is 2.33. The van der Waals surface area contributed by atoms with Gasteiger partial charge in [0.2, 0.25) is 0 Å². The van der Waals surface area contributed by atoms with Gasteiger partial charge in [0, 0.05) is 32.5 Å². The highest BCUT2D eigenvalue weighted by atomic mass is 16.5. The number of rotatable bonds is 13. The largest absolute Gasteiger partial charge is 0.381 e. The summed E-state index contributed by atoms with van der Waals surface area (Å²) < 4.78 is 5.70. The fourth-order valence-electron chi connectivity index (χ4n) is 2.86. The zero-order chi connectivity index (χ0) is 17.8. The summed E-state index contributed by atoms with van der Waals surface area (Å²) >= 11 is 0. The zero-order valence-electron chi connectivity index (χ0n) is 16.6. The van der Waals surface area contributed by atoms with E-state index in [2.05, 4.69) is 45.6 Å². The summed E-state index contributed by atoms with van der Waals surface area (Å²) in [4.78, 5) is 7.20. The molecule has 0 aliphatic heterocycles. The lowest BCUT2D eigenvalue weighted by Crippen LogP contribution is -2.27. The van der Waals surface area contributed by atoms with Crippen LogP contribution in [-0.4, -0.2) is 31.3 Å². The van der Waals surface area contributed by atoms with Crippen molar-refractivity contribution < 1.29 is 4.74 Å². The maximum atomic E-state index is 5.70. The van der Waals surface area contributed by atoms with Crippen molar-refractivity contribution in [3.05, 3.63) is 23.4 Å². The van der Waals surface area contributed by atoms with E-state index >= 15 is 0 Å². The van der Waals surface area contributed by atoms with Gasteiger partial charge in [-0.1, -0.05) is 40.2 Å². The Balaban J connectivity index is 2.49. The molecule has 0 aliphatic carbocycles. The van der Waals surface area contributed by atoms with Crippen LogP contribution in [0.3, 0.4) is 0 Å². The Morgan fingerprint density at radius 3 is 2.50 bits per heavy atom. The van der Waals surface area contributed by atoms with Crippen molar-refractivity contribution in [2.75, 3.05) is 31.2 Å². The van der Waals surface area contributed by atoms with Crippen LogP contribution in [-0.2, 0) is 17.6 Å². The molecule has 3 nitrogen and oxygen atoms in total. The first kappa shape index (κ1) is 21.0. The standard InChI is InChI=1S/C21H38N2O/c1-6-10-14-24-15-12-18(5)11-13-23(9-4)21-20(8-3)16-19(7-2)17-22-21/h16-18H,6-15H2,1-5H3. The third-order valence-corrected chi connectivity index (χ3v) is 4.76. The van der Waals surface area contributed by atoms with Crippen LogP contribution in [0.25, 0.3) is 0 Å².